The number of carbonyl (C=O) groups excluding carboxylic acids is 2. The molecule has 0 spiro atoms. The molecule has 3 rings (SSSR count). The third-order valence-corrected chi connectivity index (χ3v) is 4.20. The molecule has 0 aliphatic carbocycles. The molecule has 1 aliphatic rings. The monoisotopic (exact) mass is 324 g/mol. The molecule has 124 valence electrons. The fraction of sp³-hybridized carbons (Fsp3) is 0.263. The molecule has 2 amide bonds. The summed E-state index contributed by atoms with van der Waals surface area (Å²) in [5.74, 6) is 0.227. The lowest BCUT2D eigenvalue weighted by atomic mass is 10.1. The Morgan fingerprint density at radius 3 is 2.58 bits per heavy atom. The largest absolute Gasteiger partial charge is 0.495 e. The molecule has 5 heteroatoms. The van der Waals surface area contributed by atoms with Gasteiger partial charge in [0.2, 0.25) is 5.91 Å². The van der Waals surface area contributed by atoms with E-state index in [1.165, 1.54) is 4.90 Å². The summed E-state index contributed by atoms with van der Waals surface area (Å²) >= 11 is 0. The molecule has 5 nitrogen and oxygen atoms in total. The van der Waals surface area contributed by atoms with Crippen molar-refractivity contribution in [2.75, 3.05) is 17.3 Å². The molecule has 2 aromatic rings. The topological polar surface area (TPSA) is 58.6 Å². The molecular weight excluding hydrogens is 304 g/mol. The number of aryl methyl sites for hydroxylation is 1. The molecular formula is C19H20N2O3. The normalized spacial score (nSPS) is 17.2. The van der Waals surface area contributed by atoms with E-state index in [1.54, 1.807) is 7.11 Å². The van der Waals surface area contributed by atoms with Gasteiger partial charge in [-0.05, 0) is 30.2 Å². The molecule has 24 heavy (non-hydrogen) atoms. The summed E-state index contributed by atoms with van der Waals surface area (Å²) in [6.45, 7) is 2.01. The fourth-order valence-corrected chi connectivity index (χ4v) is 2.98. The van der Waals surface area contributed by atoms with Crippen molar-refractivity contribution >= 4 is 23.2 Å². The van der Waals surface area contributed by atoms with Gasteiger partial charge in [0.25, 0.3) is 5.91 Å². The summed E-state index contributed by atoms with van der Waals surface area (Å²) < 4.78 is 5.29. The van der Waals surface area contributed by atoms with Gasteiger partial charge in [-0.1, -0.05) is 37.3 Å². The zero-order chi connectivity index (χ0) is 17.1. The molecule has 1 fully saturated rings. The molecule has 1 aliphatic heterocycles. The highest BCUT2D eigenvalue weighted by Crippen LogP contribution is 2.30. The number of hydrogen-bond donors (Lipinski definition) is 1. The molecule has 0 aromatic heterocycles. The van der Waals surface area contributed by atoms with E-state index >= 15 is 0 Å². The lowest BCUT2D eigenvalue weighted by Gasteiger charge is -2.19. The Bertz CT molecular complexity index is 773. The van der Waals surface area contributed by atoms with E-state index < -0.39 is 6.04 Å². The minimum Gasteiger partial charge on any atom is -0.495 e. The minimum absolute atomic E-state index is 0.134. The lowest BCUT2D eigenvalue weighted by Crippen LogP contribution is -2.35. The van der Waals surface area contributed by atoms with E-state index in [-0.39, 0.29) is 18.2 Å². The number of anilines is 2. The second-order valence-corrected chi connectivity index (χ2v) is 5.65. The standard InChI is InChI=1S/C19H20N2O3/c1-3-13-8-4-6-10-16(13)21-18(22)12-15(19(21)23)20-14-9-5-7-11-17(14)24-2/h4-11,15,20H,3,12H2,1-2H3/t15-/m1/s1. The number of rotatable bonds is 5. The molecule has 1 saturated heterocycles. The molecule has 0 radical (unpaired) electrons. The number of nitrogens with one attached hydrogen (secondary N) is 1. The minimum atomic E-state index is -0.585. The van der Waals surface area contributed by atoms with Gasteiger partial charge < -0.3 is 10.1 Å². The van der Waals surface area contributed by atoms with E-state index in [0.717, 1.165) is 12.0 Å². The van der Waals surface area contributed by atoms with Crippen LogP contribution in [0, 0.1) is 0 Å². The van der Waals surface area contributed by atoms with Gasteiger partial charge in [-0.2, -0.15) is 0 Å². The zero-order valence-electron chi connectivity index (χ0n) is 13.8. The lowest BCUT2D eigenvalue weighted by molar-refractivity contribution is -0.121. The van der Waals surface area contributed by atoms with Crippen LogP contribution in [-0.4, -0.2) is 25.0 Å². The van der Waals surface area contributed by atoms with Crippen LogP contribution >= 0.6 is 0 Å². The number of benzene rings is 2. The Hall–Kier alpha value is -2.82. The molecule has 0 unspecified atom stereocenters. The Morgan fingerprint density at radius 1 is 1.12 bits per heavy atom. The average molecular weight is 324 g/mol. The molecule has 2 aromatic carbocycles. The quantitative estimate of drug-likeness (QED) is 0.859. The smallest absolute Gasteiger partial charge is 0.256 e. The van der Waals surface area contributed by atoms with Crippen molar-refractivity contribution in [2.24, 2.45) is 0 Å². The predicted octanol–water partition coefficient (Wildman–Crippen LogP) is 3.00. The number of para-hydroxylation sites is 3. The van der Waals surface area contributed by atoms with E-state index in [1.807, 2.05) is 55.5 Å². The number of ether oxygens (including phenoxy) is 1. The van der Waals surface area contributed by atoms with Crippen molar-refractivity contribution in [1.29, 1.82) is 0 Å². The van der Waals surface area contributed by atoms with Crippen LogP contribution in [0.4, 0.5) is 11.4 Å². The van der Waals surface area contributed by atoms with Crippen molar-refractivity contribution in [1.82, 2.24) is 0 Å². The number of methoxy groups -OCH3 is 1. The van der Waals surface area contributed by atoms with Gasteiger partial charge >= 0.3 is 0 Å². The SMILES string of the molecule is CCc1ccccc1N1C(=O)C[C@@H](Nc2ccccc2OC)C1=O. The molecule has 1 N–H and O–H groups in total. The summed E-state index contributed by atoms with van der Waals surface area (Å²) in [7, 11) is 1.58. The van der Waals surface area contributed by atoms with Crippen LogP contribution in [0.5, 0.6) is 5.75 Å². The van der Waals surface area contributed by atoms with E-state index in [0.29, 0.717) is 17.1 Å². The van der Waals surface area contributed by atoms with Gasteiger partial charge in [-0.25, -0.2) is 4.90 Å². The number of imide groups is 1. The average Bonchev–Trinajstić information content (AvgIpc) is 2.89. The first-order valence-corrected chi connectivity index (χ1v) is 8.00. The fourth-order valence-electron chi connectivity index (χ4n) is 2.98. The van der Waals surface area contributed by atoms with Gasteiger partial charge in [0.15, 0.2) is 0 Å². The highest BCUT2D eigenvalue weighted by Gasteiger charge is 2.40. The van der Waals surface area contributed by atoms with Crippen LogP contribution < -0.4 is 15.0 Å². The van der Waals surface area contributed by atoms with Gasteiger partial charge in [0.05, 0.1) is 24.9 Å². The van der Waals surface area contributed by atoms with Gasteiger partial charge in [0, 0.05) is 0 Å². The third kappa shape index (κ3) is 2.85. The second-order valence-electron chi connectivity index (χ2n) is 5.65. The van der Waals surface area contributed by atoms with Crippen molar-refractivity contribution in [3.8, 4) is 5.75 Å². The number of carbonyl (C=O) groups is 2. The van der Waals surface area contributed by atoms with Crippen LogP contribution in [0.1, 0.15) is 18.9 Å². The van der Waals surface area contributed by atoms with Crippen LogP contribution in [0.15, 0.2) is 48.5 Å². The van der Waals surface area contributed by atoms with Crippen LogP contribution in [0.3, 0.4) is 0 Å². The van der Waals surface area contributed by atoms with Gasteiger partial charge in [0.1, 0.15) is 11.8 Å². The first-order valence-electron chi connectivity index (χ1n) is 8.00. The molecule has 0 bridgehead atoms. The molecule has 1 atom stereocenters. The number of hydrogen-bond acceptors (Lipinski definition) is 4. The van der Waals surface area contributed by atoms with E-state index in [2.05, 4.69) is 5.32 Å². The summed E-state index contributed by atoms with van der Waals surface area (Å²) in [6.07, 6.45) is 0.896. The molecule has 0 saturated carbocycles. The Labute approximate surface area is 141 Å². The Balaban J connectivity index is 1.87. The maximum Gasteiger partial charge on any atom is 0.256 e. The zero-order valence-corrected chi connectivity index (χ0v) is 13.8. The van der Waals surface area contributed by atoms with Crippen molar-refractivity contribution < 1.29 is 14.3 Å². The van der Waals surface area contributed by atoms with E-state index in [4.69, 9.17) is 4.74 Å². The summed E-state index contributed by atoms with van der Waals surface area (Å²) in [6, 6.07) is 14.3. The second kappa shape index (κ2) is 6.74. The summed E-state index contributed by atoms with van der Waals surface area (Å²) in [4.78, 5) is 26.5. The number of nitrogens with zero attached hydrogens (tertiary/aromatic N) is 1. The highest BCUT2D eigenvalue weighted by molar-refractivity contribution is 6.23. The number of amides is 2. The van der Waals surface area contributed by atoms with Crippen LogP contribution in [-0.2, 0) is 16.0 Å². The summed E-state index contributed by atoms with van der Waals surface area (Å²) in [5, 5.41) is 3.14. The summed E-state index contributed by atoms with van der Waals surface area (Å²) in [5.41, 5.74) is 2.37. The van der Waals surface area contributed by atoms with Crippen molar-refractivity contribution in [3.63, 3.8) is 0 Å². The maximum atomic E-state index is 12.8. The first kappa shape index (κ1) is 16.1. The Kier molecular flexibility index (Phi) is 4.51. The van der Waals surface area contributed by atoms with Crippen molar-refractivity contribution in [2.45, 2.75) is 25.8 Å². The predicted molar refractivity (Wildman–Crippen MR) is 93.3 cm³/mol. The van der Waals surface area contributed by atoms with Crippen LogP contribution in [0.2, 0.25) is 0 Å². The van der Waals surface area contributed by atoms with Gasteiger partial charge in [-0.15, -0.1) is 0 Å². The maximum absolute atomic E-state index is 12.8. The van der Waals surface area contributed by atoms with E-state index in [9.17, 15) is 9.59 Å². The van der Waals surface area contributed by atoms with Crippen LogP contribution in [0.25, 0.3) is 0 Å². The van der Waals surface area contributed by atoms with Gasteiger partial charge in [-0.3, -0.25) is 9.59 Å². The highest BCUT2D eigenvalue weighted by atomic mass is 16.5. The first-order chi connectivity index (χ1) is 11.7. The molecule has 1 heterocycles. The Morgan fingerprint density at radius 2 is 1.83 bits per heavy atom. The van der Waals surface area contributed by atoms with Crippen molar-refractivity contribution in [3.05, 3.63) is 54.1 Å². The third-order valence-electron chi connectivity index (χ3n) is 4.20.